The first-order chi connectivity index (χ1) is 24.1. The molecule has 3 rings (SSSR count). The van der Waals surface area contributed by atoms with Gasteiger partial charge in [0.15, 0.2) is 17.7 Å². The minimum absolute atomic E-state index is 0.0290. The van der Waals surface area contributed by atoms with Gasteiger partial charge < -0.3 is 50.9 Å². The van der Waals surface area contributed by atoms with E-state index in [-0.39, 0.29) is 41.6 Å². The summed E-state index contributed by atoms with van der Waals surface area (Å²) in [4.78, 5) is 86.3. The zero-order chi connectivity index (χ0) is 39.1. The quantitative estimate of drug-likeness (QED) is 0.0432. The highest BCUT2D eigenvalue weighted by molar-refractivity contribution is 8.14. The van der Waals surface area contributed by atoms with Crippen molar-refractivity contribution in [3.05, 3.63) is 25.3 Å². The molecule has 1 aliphatic heterocycles. The monoisotopic (exact) mass is 821 g/mol. The number of imidazole rings is 1. The Morgan fingerprint density at radius 3 is 2.44 bits per heavy atom. The number of aliphatic hydroxyl groups is 2. The number of hydrogen-bond acceptors (Lipinski definition) is 18. The Hall–Kier alpha value is -2.70. The fraction of sp³-hybridized carbons (Fsp3) is 0.583. The number of nitrogens with zero attached hydrogens (tertiary/aromatic N) is 4. The number of phosphoric acid groups is 3. The topological polar surface area (TPSA) is 364 Å². The minimum atomic E-state index is -5.56. The second kappa shape index (κ2) is 18.1. The van der Waals surface area contributed by atoms with Crippen LogP contribution in [0.15, 0.2) is 25.3 Å². The van der Waals surface area contributed by atoms with E-state index >= 15 is 0 Å². The Balaban J connectivity index is 1.54. The molecule has 292 valence electrons. The molecular formula is C24H38N7O17P3S. The zero-order valence-corrected chi connectivity index (χ0v) is 30.9. The number of aromatic nitrogens is 4. The van der Waals surface area contributed by atoms with Gasteiger partial charge in [-0.15, -0.1) is 0 Å². The van der Waals surface area contributed by atoms with Crippen LogP contribution in [-0.2, 0) is 50.7 Å². The van der Waals surface area contributed by atoms with Crippen LogP contribution < -0.4 is 16.4 Å². The van der Waals surface area contributed by atoms with Crippen LogP contribution in [0.4, 0.5) is 5.82 Å². The van der Waals surface area contributed by atoms with Crippen LogP contribution in [0.5, 0.6) is 0 Å². The fourth-order valence-corrected chi connectivity index (χ4v) is 7.69. The largest absolute Gasteiger partial charge is 0.481 e. The van der Waals surface area contributed by atoms with Crippen molar-refractivity contribution in [2.75, 3.05) is 37.8 Å². The standard InChI is InChI=1S/C24H38N7O17P3S/c1-4-15(33)52-8-7-26-14(32)5-6-27-22(36)19(35)24(2,3)10-45-51(42,43)48-50(40,41)44-9-13-18(47-49(37,38)39)17(34)23(46-13)31-12-30-16-20(25)28-11-29-21(16)31/h4,11-13,17-19,23,34-35H,1,5-10H2,2-3H3,(H,26,32)(H,27,36)(H,40,41)(H,42,43)(H2,25,28,29)(H2,37,38,39)/t13-,17-,18+,19+,23-/m1/s1. The molecule has 0 radical (unpaired) electrons. The second-order valence-corrected chi connectivity index (χ2v) is 16.8. The number of hydrogen-bond donors (Lipinski definition) is 9. The Morgan fingerprint density at radius 2 is 1.79 bits per heavy atom. The molecule has 2 amide bonds. The van der Waals surface area contributed by atoms with Crippen molar-refractivity contribution in [1.29, 1.82) is 0 Å². The van der Waals surface area contributed by atoms with Gasteiger partial charge in [-0.2, -0.15) is 4.31 Å². The molecule has 3 heterocycles. The second-order valence-electron chi connectivity index (χ2n) is 11.4. The van der Waals surface area contributed by atoms with Crippen molar-refractivity contribution >= 4 is 69.1 Å². The van der Waals surface area contributed by atoms with Crippen LogP contribution in [0.1, 0.15) is 26.5 Å². The molecule has 1 fully saturated rings. The third kappa shape index (κ3) is 12.7. The third-order valence-electron chi connectivity index (χ3n) is 6.91. The molecule has 28 heteroatoms. The molecule has 0 bridgehead atoms. The number of nitrogen functional groups attached to an aromatic ring is 1. The van der Waals surface area contributed by atoms with E-state index in [1.54, 1.807) is 0 Å². The SMILES string of the molecule is C=CC(=O)SCCNC(=O)CCNC(=O)[C@H](O)C(C)(C)COP(=O)(O)OP(=O)(O)OC[C@H]1O[C@@H](n2cnc3c(N)ncnc32)[C@H](O)[C@H]1OP(=O)(O)O. The number of nitrogens with two attached hydrogens (primary N) is 1. The molecule has 10 N–H and O–H groups in total. The van der Waals surface area contributed by atoms with Gasteiger partial charge in [0.1, 0.15) is 36.3 Å². The Kier molecular flexibility index (Phi) is 15.2. The molecule has 1 aliphatic rings. The Morgan fingerprint density at radius 1 is 1.12 bits per heavy atom. The lowest BCUT2D eigenvalue weighted by Crippen LogP contribution is -2.46. The van der Waals surface area contributed by atoms with E-state index in [2.05, 4.69) is 41.0 Å². The predicted octanol–water partition coefficient (Wildman–Crippen LogP) is -1.15. The van der Waals surface area contributed by atoms with E-state index in [4.69, 9.17) is 19.5 Å². The van der Waals surface area contributed by atoms with Crippen molar-refractivity contribution in [2.24, 2.45) is 5.41 Å². The summed E-state index contributed by atoms with van der Waals surface area (Å²) in [5.41, 5.74) is 4.25. The molecule has 2 aromatic rings. The van der Waals surface area contributed by atoms with Crippen molar-refractivity contribution in [3.8, 4) is 0 Å². The summed E-state index contributed by atoms with van der Waals surface area (Å²) in [5, 5.41) is 25.9. The van der Waals surface area contributed by atoms with Gasteiger partial charge in [-0.25, -0.2) is 28.6 Å². The summed E-state index contributed by atoms with van der Waals surface area (Å²) in [6.07, 6.45) is -5.79. The average Bonchev–Trinajstić information content (AvgIpc) is 3.60. The summed E-state index contributed by atoms with van der Waals surface area (Å²) >= 11 is 0.952. The summed E-state index contributed by atoms with van der Waals surface area (Å²) in [6.45, 7) is 3.77. The number of carbonyl (C=O) groups excluding carboxylic acids is 3. The molecule has 0 spiro atoms. The normalized spacial score (nSPS) is 22.3. The molecule has 7 atom stereocenters. The highest BCUT2D eigenvalue weighted by atomic mass is 32.2. The summed E-state index contributed by atoms with van der Waals surface area (Å²) in [6, 6.07) is 0. The smallest absolute Gasteiger partial charge is 0.386 e. The van der Waals surface area contributed by atoms with E-state index in [0.717, 1.165) is 35.1 Å². The molecule has 2 unspecified atom stereocenters. The molecule has 24 nitrogen and oxygen atoms in total. The maximum atomic E-state index is 12.6. The van der Waals surface area contributed by atoms with Gasteiger partial charge in [-0.3, -0.25) is 32.5 Å². The lowest BCUT2D eigenvalue weighted by Gasteiger charge is -2.30. The van der Waals surface area contributed by atoms with Crippen LogP contribution in [0.3, 0.4) is 0 Å². The van der Waals surface area contributed by atoms with E-state index in [9.17, 15) is 57.9 Å². The van der Waals surface area contributed by atoms with Gasteiger partial charge in [0.05, 0.1) is 19.5 Å². The number of phosphoric ester groups is 3. The van der Waals surface area contributed by atoms with E-state index in [1.165, 1.54) is 13.8 Å². The first kappa shape index (κ1) is 43.7. The average molecular weight is 822 g/mol. The maximum Gasteiger partial charge on any atom is 0.481 e. The van der Waals surface area contributed by atoms with Crippen molar-refractivity contribution in [3.63, 3.8) is 0 Å². The summed E-state index contributed by atoms with van der Waals surface area (Å²) < 4.78 is 61.9. The van der Waals surface area contributed by atoms with Gasteiger partial charge in [-0.1, -0.05) is 32.2 Å². The number of nitrogens with one attached hydrogen (secondary N) is 2. The van der Waals surface area contributed by atoms with Crippen LogP contribution in [0, 0.1) is 5.41 Å². The van der Waals surface area contributed by atoms with Crippen molar-refractivity contribution in [1.82, 2.24) is 30.2 Å². The van der Waals surface area contributed by atoms with Crippen molar-refractivity contribution < 1.29 is 80.5 Å². The molecule has 0 aliphatic carbocycles. The fourth-order valence-electron chi connectivity index (χ4n) is 4.34. The van der Waals surface area contributed by atoms with Gasteiger partial charge in [0.2, 0.25) is 16.9 Å². The molecular weight excluding hydrogens is 783 g/mol. The number of fused-ring (bicyclic) bond motifs is 1. The zero-order valence-electron chi connectivity index (χ0n) is 27.4. The minimum Gasteiger partial charge on any atom is -0.386 e. The molecule has 2 aromatic heterocycles. The van der Waals surface area contributed by atoms with Gasteiger partial charge in [-0.05, 0) is 6.08 Å². The third-order valence-corrected chi connectivity index (χ3v) is 10.9. The van der Waals surface area contributed by atoms with Gasteiger partial charge in [0, 0.05) is 30.7 Å². The van der Waals surface area contributed by atoms with E-state index in [0.29, 0.717) is 5.75 Å². The number of aliphatic hydroxyl groups excluding tert-OH is 2. The van der Waals surface area contributed by atoms with E-state index < -0.39 is 84.6 Å². The van der Waals surface area contributed by atoms with Crippen LogP contribution in [0.2, 0.25) is 0 Å². The predicted molar refractivity (Wildman–Crippen MR) is 177 cm³/mol. The van der Waals surface area contributed by atoms with Crippen molar-refractivity contribution in [2.45, 2.75) is 50.9 Å². The lowest BCUT2D eigenvalue weighted by molar-refractivity contribution is -0.137. The molecule has 52 heavy (non-hydrogen) atoms. The number of rotatable bonds is 20. The van der Waals surface area contributed by atoms with Crippen LogP contribution in [0.25, 0.3) is 11.2 Å². The molecule has 0 aromatic carbocycles. The Bertz CT molecular complexity index is 1760. The maximum absolute atomic E-state index is 12.6. The van der Waals surface area contributed by atoms with Gasteiger partial charge in [0.25, 0.3) is 0 Å². The lowest BCUT2D eigenvalue weighted by atomic mass is 9.87. The number of amides is 2. The summed E-state index contributed by atoms with van der Waals surface area (Å²) in [7, 11) is -16.4. The van der Waals surface area contributed by atoms with Gasteiger partial charge >= 0.3 is 23.5 Å². The van der Waals surface area contributed by atoms with E-state index in [1.807, 2.05) is 0 Å². The number of ether oxygens (including phenoxy) is 1. The van der Waals surface area contributed by atoms with Crippen LogP contribution in [-0.4, -0.2) is 123 Å². The highest BCUT2D eigenvalue weighted by Crippen LogP contribution is 2.61. The first-order valence-electron chi connectivity index (χ1n) is 14.7. The first-order valence-corrected chi connectivity index (χ1v) is 20.2. The summed E-state index contributed by atoms with van der Waals surface area (Å²) in [5.74, 6) is -1.18. The highest BCUT2D eigenvalue weighted by Gasteiger charge is 2.50. The number of carbonyl (C=O) groups is 3. The number of thioether (sulfide) groups is 1. The number of anilines is 1. The molecule has 1 saturated heterocycles. The Labute approximate surface area is 298 Å². The van der Waals surface area contributed by atoms with Crippen LogP contribution >= 0.6 is 35.2 Å². The molecule has 0 saturated carbocycles.